The molecule has 2 aromatic rings. The molecule has 0 bridgehead atoms. The number of carbonyl (C=O) groups excluding carboxylic acids is 1. The lowest BCUT2D eigenvalue weighted by atomic mass is 10.1. The molecule has 2 rings (SSSR count). The molecule has 4 heteroatoms. The number of carbonyl (C=O) groups is 1. The van der Waals surface area contributed by atoms with E-state index in [1.165, 1.54) is 0 Å². The molecule has 16 heavy (non-hydrogen) atoms. The average molecular weight is 281 g/mol. The van der Waals surface area contributed by atoms with Crippen molar-refractivity contribution in [3.05, 3.63) is 45.8 Å². The second kappa shape index (κ2) is 4.22. The third kappa shape index (κ3) is 1.69. The standard InChI is InChI=1S/C12H9BrO3/c1-7-11(9(14)6-13)12(15)8-4-2-3-5-10(8)16-7/h2-5H,6H2,1H3. The molecular formula is C12H9BrO3. The summed E-state index contributed by atoms with van der Waals surface area (Å²) in [6, 6.07) is 6.91. The summed E-state index contributed by atoms with van der Waals surface area (Å²) in [5.41, 5.74) is 0.385. The van der Waals surface area contributed by atoms with Gasteiger partial charge < -0.3 is 4.42 Å². The predicted octanol–water partition coefficient (Wildman–Crippen LogP) is 2.68. The Bertz CT molecular complexity index is 613. The summed E-state index contributed by atoms with van der Waals surface area (Å²) in [7, 11) is 0. The average Bonchev–Trinajstić information content (AvgIpc) is 2.28. The lowest BCUT2D eigenvalue weighted by Crippen LogP contribution is -2.17. The normalized spacial score (nSPS) is 10.6. The van der Waals surface area contributed by atoms with Gasteiger partial charge in [-0.3, -0.25) is 9.59 Å². The van der Waals surface area contributed by atoms with E-state index in [0.29, 0.717) is 16.7 Å². The molecule has 1 heterocycles. The van der Waals surface area contributed by atoms with Crippen molar-refractivity contribution in [3.63, 3.8) is 0 Å². The number of benzene rings is 1. The van der Waals surface area contributed by atoms with Crippen LogP contribution >= 0.6 is 15.9 Å². The van der Waals surface area contributed by atoms with Crippen molar-refractivity contribution in [2.75, 3.05) is 5.33 Å². The summed E-state index contributed by atoms with van der Waals surface area (Å²) in [5, 5.41) is 0.564. The first kappa shape index (κ1) is 11.1. The molecule has 1 aromatic carbocycles. The van der Waals surface area contributed by atoms with E-state index in [9.17, 15) is 9.59 Å². The summed E-state index contributed by atoms with van der Waals surface area (Å²) >= 11 is 3.05. The van der Waals surface area contributed by atoms with Crippen LogP contribution in [0.2, 0.25) is 0 Å². The maximum atomic E-state index is 12.0. The first-order chi connectivity index (χ1) is 7.65. The van der Waals surface area contributed by atoms with Gasteiger partial charge in [-0.15, -0.1) is 0 Å². The molecular weight excluding hydrogens is 272 g/mol. The van der Waals surface area contributed by atoms with Gasteiger partial charge in [0.1, 0.15) is 16.9 Å². The maximum absolute atomic E-state index is 12.0. The van der Waals surface area contributed by atoms with Crippen LogP contribution in [0.25, 0.3) is 11.0 Å². The number of para-hydroxylation sites is 1. The Labute approximate surface area is 100 Å². The van der Waals surface area contributed by atoms with E-state index in [4.69, 9.17) is 4.42 Å². The largest absolute Gasteiger partial charge is 0.460 e. The van der Waals surface area contributed by atoms with Crippen LogP contribution in [0.4, 0.5) is 0 Å². The number of Topliss-reactive ketones (excluding diaryl/α,β-unsaturated/α-hetero) is 1. The Balaban J connectivity index is 2.86. The number of halogens is 1. The van der Waals surface area contributed by atoms with E-state index in [1.54, 1.807) is 31.2 Å². The Morgan fingerprint density at radius 3 is 2.75 bits per heavy atom. The van der Waals surface area contributed by atoms with Gasteiger partial charge in [-0.2, -0.15) is 0 Å². The molecule has 0 saturated carbocycles. The number of alkyl halides is 1. The van der Waals surface area contributed by atoms with Crippen molar-refractivity contribution >= 4 is 32.7 Å². The summed E-state index contributed by atoms with van der Waals surface area (Å²) in [4.78, 5) is 23.6. The molecule has 0 aliphatic carbocycles. The molecule has 0 N–H and O–H groups in total. The molecule has 0 atom stereocenters. The Morgan fingerprint density at radius 1 is 1.38 bits per heavy atom. The summed E-state index contributed by atoms with van der Waals surface area (Å²) in [5.74, 6) is 0.116. The fraction of sp³-hybridized carbons (Fsp3) is 0.167. The quantitative estimate of drug-likeness (QED) is 0.628. The van der Waals surface area contributed by atoms with Gasteiger partial charge in [-0.05, 0) is 19.1 Å². The molecule has 0 aliphatic heterocycles. The van der Waals surface area contributed by atoms with Crippen LogP contribution in [0.5, 0.6) is 0 Å². The molecule has 0 saturated heterocycles. The number of hydrogen-bond donors (Lipinski definition) is 0. The van der Waals surface area contributed by atoms with Crippen LogP contribution in [-0.4, -0.2) is 11.1 Å². The zero-order valence-corrected chi connectivity index (χ0v) is 10.2. The van der Waals surface area contributed by atoms with Gasteiger partial charge in [0.15, 0.2) is 5.78 Å². The third-order valence-corrected chi connectivity index (χ3v) is 2.88. The number of rotatable bonds is 2. The SMILES string of the molecule is Cc1oc2ccccc2c(=O)c1C(=O)CBr. The second-order valence-electron chi connectivity index (χ2n) is 3.42. The van der Waals surface area contributed by atoms with Crippen LogP contribution in [0.1, 0.15) is 16.1 Å². The summed E-state index contributed by atoms with van der Waals surface area (Å²) in [6.45, 7) is 1.63. The lowest BCUT2D eigenvalue weighted by molar-refractivity contribution is 0.102. The number of aryl methyl sites for hydroxylation is 1. The van der Waals surface area contributed by atoms with Crippen molar-refractivity contribution in [1.29, 1.82) is 0 Å². The van der Waals surface area contributed by atoms with Crippen LogP contribution in [-0.2, 0) is 0 Å². The Hall–Kier alpha value is -1.42. The highest BCUT2D eigenvalue weighted by molar-refractivity contribution is 9.09. The van der Waals surface area contributed by atoms with Gasteiger partial charge in [-0.25, -0.2) is 0 Å². The third-order valence-electron chi connectivity index (χ3n) is 2.37. The molecule has 0 fully saturated rings. The van der Waals surface area contributed by atoms with E-state index in [0.717, 1.165) is 0 Å². The van der Waals surface area contributed by atoms with E-state index >= 15 is 0 Å². The molecule has 0 amide bonds. The number of hydrogen-bond acceptors (Lipinski definition) is 3. The van der Waals surface area contributed by atoms with Crippen molar-refractivity contribution in [3.8, 4) is 0 Å². The highest BCUT2D eigenvalue weighted by atomic mass is 79.9. The minimum atomic E-state index is -0.260. The highest BCUT2D eigenvalue weighted by Crippen LogP contribution is 2.15. The van der Waals surface area contributed by atoms with Crippen LogP contribution in [0.3, 0.4) is 0 Å². The summed E-state index contributed by atoms with van der Waals surface area (Å²) in [6.07, 6.45) is 0. The second-order valence-corrected chi connectivity index (χ2v) is 3.98. The molecule has 0 spiro atoms. The molecule has 0 radical (unpaired) electrons. The fourth-order valence-electron chi connectivity index (χ4n) is 1.64. The van der Waals surface area contributed by atoms with Gasteiger partial charge >= 0.3 is 0 Å². The van der Waals surface area contributed by atoms with Gasteiger partial charge in [0.2, 0.25) is 5.43 Å². The number of ketones is 1. The van der Waals surface area contributed by atoms with Crippen LogP contribution in [0.15, 0.2) is 33.5 Å². The minimum absolute atomic E-state index is 0.122. The molecule has 0 unspecified atom stereocenters. The Kier molecular flexibility index (Phi) is 2.92. The van der Waals surface area contributed by atoms with Crippen LogP contribution in [0, 0.1) is 6.92 Å². The molecule has 3 nitrogen and oxygen atoms in total. The van der Waals surface area contributed by atoms with E-state index in [1.807, 2.05) is 0 Å². The molecule has 1 aromatic heterocycles. The van der Waals surface area contributed by atoms with E-state index < -0.39 is 0 Å². The monoisotopic (exact) mass is 280 g/mol. The number of fused-ring (bicyclic) bond motifs is 1. The zero-order chi connectivity index (χ0) is 11.7. The van der Waals surface area contributed by atoms with Gasteiger partial charge in [-0.1, -0.05) is 28.1 Å². The van der Waals surface area contributed by atoms with E-state index in [-0.39, 0.29) is 22.1 Å². The first-order valence-electron chi connectivity index (χ1n) is 4.76. The smallest absolute Gasteiger partial charge is 0.203 e. The van der Waals surface area contributed by atoms with Crippen molar-refractivity contribution in [2.45, 2.75) is 6.92 Å². The van der Waals surface area contributed by atoms with Gasteiger partial charge in [0.05, 0.1) is 10.7 Å². The lowest BCUT2D eigenvalue weighted by Gasteiger charge is -2.03. The predicted molar refractivity (Wildman–Crippen MR) is 65.3 cm³/mol. The highest BCUT2D eigenvalue weighted by Gasteiger charge is 2.16. The Morgan fingerprint density at radius 2 is 2.06 bits per heavy atom. The van der Waals surface area contributed by atoms with E-state index in [2.05, 4.69) is 15.9 Å². The van der Waals surface area contributed by atoms with Crippen LogP contribution < -0.4 is 5.43 Å². The maximum Gasteiger partial charge on any atom is 0.203 e. The van der Waals surface area contributed by atoms with Crippen molar-refractivity contribution in [2.24, 2.45) is 0 Å². The van der Waals surface area contributed by atoms with Crippen molar-refractivity contribution < 1.29 is 9.21 Å². The molecule has 82 valence electrons. The van der Waals surface area contributed by atoms with Crippen molar-refractivity contribution in [1.82, 2.24) is 0 Å². The summed E-state index contributed by atoms with van der Waals surface area (Å²) < 4.78 is 5.45. The van der Waals surface area contributed by atoms with Gasteiger partial charge in [0, 0.05) is 0 Å². The van der Waals surface area contributed by atoms with Gasteiger partial charge in [0.25, 0.3) is 0 Å². The minimum Gasteiger partial charge on any atom is -0.460 e. The fourth-order valence-corrected chi connectivity index (χ4v) is 1.92. The molecule has 0 aliphatic rings. The zero-order valence-electron chi connectivity index (χ0n) is 8.62. The topological polar surface area (TPSA) is 47.3 Å². The first-order valence-corrected chi connectivity index (χ1v) is 5.89.